The zero-order chi connectivity index (χ0) is 76.5. The van der Waals surface area contributed by atoms with E-state index in [1.54, 1.807) is 0 Å². The third-order valence-electron chi connectivity index (χ3n) is 20.2. The number of aliphatic hydroxyl groups excluding tert-OH is 1. The second kappa shape index (κ2) is 75.1. The van der Waals surface area contributed by atoms with Gasteiger partial charge in [0, 0.05) is 25.7 Å². The summed E-state index contributed by atoms with van der Waals surface area (Å²) in [6.07, 6.45) is 65.2. The number of carbonyl (C=O) groups excluding carboxylic acids is 4. The van der Waals surface area contributed by atoms with E-state index in [1.807, 2.05) is 0 Å². The van der Waals surface area contributed by atoms with Gasteiger partial charge in [0.05, 0.1) is 26.4 Å². The maximum atomic E-state index is 13.1. The molecule has 618 valence electrons. The standard InChI is InChI=1S/C85H166O17P2/c1-8-10-11-12-13-14-15-16-17-18-19-20-21-24-28-33-38-47-54-61-68-84(89)101-80(72-95-82(87)66-59-52-45-37-32-27-25-22-23-26-30-35-42-49-56-63-76(3)4)74-99-103(91,92)97-70-79(86)71-98-104(93,94)100-75-81(73-96-83(88)67-60-53-46-41-40-44-51-58-65-78(7)9-2)102-85(90)69-62-55-48-39-34-29-31-36-43-50-57-64-77(5)6/h76-81,86H,8-75H2,1-7H3,(H,91,92)(H,93,94)/t78?,79-,80-,81-/m1/s1. The summed E-state index contributed by atoms with van der Waals surface area (Å²) < 4.78 is 68.9. The highest BCUT2D eigenvalue weighted by molar-refractivity contribution is 7.47. The van der Waals surface area contributed by atoms with E-state index in [1.165, 1.54) is 257 Å². The number of phosphoric acid groups is 2. The molecule has 17 nitrogen and oxygen atoms in total. The Hall–Kier alpha value is -1.94. The Morgan fingerprint density at radius 3 is 0.731 bits per heavy atom. The molecule has 0 saturated heterocycles. The normalized spacial score (nSPS) is 14.2. The highest BCUT2D eigenvalue weighted by atomic mass is 31.2. The van der Waals surface area contributed by atoms with Crippen molar-refractivity contribution in [3.05, 3.63) is 0 Å². The molecule has 0 fully saturated rings. The lowest BCUT2D eigenvalue weighted by Crippen LogP contribution is -2.30. The SMILES string of the molecule is CCCCCCCCCCCCCCCCCCCCCCC(=O)O[C@H](COC(=O)CCCCCCCCCCCCCCCCCC(C)C)COP(=O)(O)OC[C@@H](O)COP(=O)(O)OC[C@@H](COC(=O)CCCCCCCCCCC(C)CC)OC(=O)CCCCCCCCCCCCCC(C)C. The summed E-state index contributed by atoms with van der Waals surface area (Å²) in [5.74, 6) is 0.243. The van der Waals surface area contributed by atoms with Crippen molar-refractivity contribution in [2.75, 3.05) is 39.6 Å². The van der Waals surface area contributed by atoms with Crippen LogP contribution < -0.4 is 0 Å². The van der Waals surface area contributed by atoms with Crippen molar-refractivity contribution in [1.82, 2.24) is 0 Å². The van der Waals surface area contributed by atoms with Gasteiger partial charge in [-0.3, -0.25) is 37.3 Å². The molecule has 0 saturated carbocycles. The molecule has 0 bridgehead atoms. The van der Waals surface area contributed by atoms with Crippen molar-refractivity contribution in [2.45, 2.75) is 465 Å². The van der Waals surface area contributed by atoms with E-state index in [4.69, 9.17) is 37.0 Å². The Kier molecular flexibility index (Phi) is 73.7. The molecule has 3 N–H and O–H groups in total. The second-order valence-electron chi connectivity index (χ2n) is 31.8. The summed E-state index contributed by atoms with van der Waals surface area (Å²) in [4.78, 5) is 73.2. The van der Waals surface area contributed by atoms with Gasteiger partial charge in [0.15, 0.2) is 12.2 Å². The molecule has 0 aromatic heterocycles. The van der Waals surface area contributed by atoms with Crippen molar-refractivity contribution in [1.29, 1.82) is 0 Å². The lowest BCUT2D eigenvalue weighted by Gasteiger charge is -2.21. The van der Waals surface area contributed by atoms with E-state index in [0.29, 0.717) is 25.7 Å². The van der Waals surface area contributed by atoms with Gasteiger partial charge in [-0.05, 0) is 43.4 Å². The Morgan fingerprint density at radius 2 is 0.490 bits per heavy atom. The number of carbonyl (C=O) groups is 4. The van der Waals surface area contributed by atoms with E-state index < -0.39 is 97.5 Å². The van der Waals surface area contributed by atoms with Gasteiger partial charge in [-0.1, -0.05) is 395 Å². The van der Waals surface area contributed by atoms with Gasteiger partial charge < -0.3 is 33.8 Å². The average molecular weight is 1520 g/mol. The topological polar surface area (TPSA) is 237 Å². The highest BCUT2D eigenvalue weighted by Gasteiger charge is 2.30. The Bertz CT molecular complexity index is 2010. The highest BCUT2D eigenvalue weighted by Crippen LogP contribution is 2.45. The number of hydrogen-bond donors (Lipinski definition) is 3. The molecule has 0 spiro atoms. The van der Waals surface area contributed by atoms with E-state index in [2.05, 4.69) is 48.5 Å². The molecule has 0 rings (SSSR count). The summed E-state index contributed by atoms with van der Waals surface area (Å²) in [6, 6.07) is 0. The first-order valence-corrected chi connectivity index (χ1v) is 46.9. The van der Waals surface area contributed by atoms with Gasteiger partial charge in [0.2, 0.25) is 0 Å². The summed E-state index contributed by atoms with van der Waals surface area (Å²) in [6.45, 7) is 12.0. The van der Waals surface area contributed by atoms with Crippen LogP contribution in [-0.2, 0) is 65.4 Å². The Morgan fingerprint density at radius 1 is 0.279 bits per heavy atom. The first kappa shape index (κ1) is 102. The van der Waals surface area contributed by atoms with Crippen LogP contribution in [0.15, 0.2) is 0 Å². The predicted octanol–water partition coefficient (Wildman–Crippen LogP) is 25.7. The van der Waals surface area contributed by atoms with Gasteiger partial charge in [0.1, 0.15) is 19.3 Å². The van der Waals surface area contributed by atoms with Crippen molar-refractivity contribution in [2.24, 2.45) is 17.8 Å². The summed E-state index contributed by atoms with van der Waals surface area (Å²) >= 11 is 0. The molecule has 0 aliphatic heterocycles. The zero-order valence-electron chi connectivity index (χ0n) is 68.5. The smallest absolute Gasteiger partial charge is 0.462 e. The van der Waals surface area contributed by atoms with Crippen molar-refractivity contribution >= 4 is 39.5 Å². The minimum Gasteiger partial charge on any atom is -0.462 e. The van der Waals surface area contributed by atoms with Gasteiger partial charge in [-0.2, -0.15) is 0 Å². The molecule has 0 heterocycles. The minimum atomic E-state index is -4.97. The van der Waals surface area contributed by atoms with Gasteiger partial charge in [-0.15, -0.1) is 0 Å². The van der Waals surface area contributed by atoms with E-state index in [9.17, 15) is 43.2 Å². The van der Waals surface area contributed by atoms with Crippen LogP contribution in [0.2, 0.25) is 0 Å². The van der Waals surface area contributed by atoms with Crippen LogP contribution in [0.3, 0.4) is 0 Å². The fourth-order valence-electron chi connectivity index (χ4n) is 13.2. The number of hydrogen-bond acceptors (Lipinski definition) is 15. The Balaban J connectivity index is 5.26. The molecular weight excluding hydrogens is 1350 g/mol. The third kappa shape index (κ3) is 76.8. The molecule has 6 atom stereocenters. The molecule has 0 aliphatic carbocycles. The fourth-order valence-corrected chi connectivity index (χ4v) is 14.7. The maximum Gasteiger partial charge on any atom is 0.472 e. The minimum absolute atomic E-state index is 0.106. The van der Waals surface area contributed by atoms with Gasteiger partial charge >= 0.3 is 39.5 Å². The zero-order valence-corrected chi connectivity index (χ0v) is 70.3. The maximum absolute atomic E-state index is 13.1. The number of ether oxygens (including phenoxy) is 4. The second-order valence-corrected chi connectivity index (χ2v) is 34.7. The Labute approximate surface area is 638 Å². The lowest BCUT2D eigenvalue weighted by atomic mass is 9.99. The number of rotatable bonds is 83. The van der Waals surface area contributed by atoms with E-state index in [-0.39, 0.29) is 25.7 Å². The van der Waals surface area contributed by atoms with Crippen molar-refractivity contribution in [3.63, 3.8) is 0 Å². The largest absolute Gasteiger partial charge is 0.472 e. The summed E-state index contributed by atoms with van der Waals surface area (Å²) in [5.41, 5.74) is 0. The molecule has 3 unspecified atom stereocenters. The van der Waals surface area contributed by atoms with Gasteiger partial charge in [0.25, 0.3) is 0 Å². The molecule has 104 heavy (non-hydrogen) atoms. The molecule has 0 aliphatic rings. The van der Waals surface area contributed by atoms with Gasteiger partial charge in [-0.25, -0.2) is 9.13 Å². The molecule has 0 aromatic rings. The quantitative estimate of drug-likeness (QED) is 0.0222. The third-order valence-corrected chi connectivity index (χ3v) is 22.1. The summed E-state index contributed by atoms with van der Waals surface area (Å²) in [5, 5.41) is 10.7. The van der Waals surface area contributed by atoms with Crippen LogP contribution >= 0.6 is 15.6 Å². The average Bonchev–Trinajstić information content (AvgIpc) is 0.906. The fraction of sp³-hybridized carbons (Fsp3) is 0.953. The molecular formula is C85H166O17P2. The van der Waals surface area contributed by atoms with Crippen LogP contribution in [0.1, 0.15) is 447 Å². The molecule has 19 heteroatoms. The lowest BCUT2D eigenvalue weighted by molar-refractivity contribution is -0.161. The number of esters is 4. The van der Waals surface area contributed by atoms with Crippen LogP contribution in [-0.4, -0.2) is 96.7 Å². The number of phosphoric ester groups is 2. The summed E-state index contributed by atoms with van der Waals surface area (Å²) in [7, 11) is -9.93. The van der Waals surface area contributed by atoms with Crippen LogP contribution in [0.4, 0.5) is 0 Å². The van der Waals surface area contributed by atoms with Crippen molar-refractivity contribution < 1.29 is 80.2 Å². The van der Waals surface area contributed by atoms with Crippen molar-refractivity contribution in [3.8, 4) is 0 Å². The molecule has 0 aromatic carbocycles. The first-order valence-electron chi connectivity index (χ1n) is 43.9. The molecule has 0 amide bonds. The number of unbranched alkanes of at least 4 members (excludes halogenated alkanes) is 50. The van der Waals surface area contributed by atoms with E-state index >= 15 is 0 Å². The van der Waals surface area contributed by atoms with Crippen LogP contribution in [0.5, 0.6) is 0 Å². The van der Waals surface area contributed by atoms with Crippen LogP contribution in [0, 0.1) is 17.8 Å². The monoisotopic (exact) mass is 1520 g/mol. The number of aliphatic hydroxyl groups is 1. The van der Waals surface area contributed by atoms with Crippen LogP contribution in [0.25, 0.3) is 0 Å². The first-order chi connectivity index (χ1) is 50.3. The predicted molar refractivity (Wildman–Crippen MR) is 428 cm³/mol. The molecule has 0 radical (unpaired) electrons. The van der Waals surface area contributed by atoms with E-state index in [0.717, 1.165) is 108 Å².